The Morgan fingerprint density at radius 2 is 1.72 bits per heavy atom. The number of nitrogens with zero attached hydrogens (tertiary/aromatic N) is 3. The van der Waals surface area contributed by atoms with Crippen molar-refractivity contribution in [3.05, 3.63) is 72.0 Å². The molecule has 1 aliphatic heterocycles. The zero-order valence-corrected chi connectivity index (χ0v) is 38.5. The summed E-state index contributed by atoms with van der Waals surface area (Å²) in [6, 6.07) is 10.9. The molecule has 3 aliphatic carbocycles. The Morgan fingerprint density at radius 1 is 0.985 bits per heavy atom. The number of methoxy groups -OCH3 is 2. The lowest BCUT2D eigenvalue weighted by atomic mass is 9.85. The van der Waals surface area contributed by atoms with Gasteiger partial charge < -0.3 is 49.0 Å². The molecular formula is C48H57ClN6O10. The van der Waals surface area contributed by atoms with E-state index in [1.807, 2.05) is 58.9 Å². The summed E-state index contributed by atoms with van der Waals surface area (Å²) in [6.07, 6.45) is 4.53. The third-order valence-electron chi connectivity index (χ3n) is 12.8. The number of hydrogen-bond donors (Lipinski definition) is 3. The highest BCUT2D eigenvalue weighted by molar-refractivity contribution is 6.36. The van der Waals surface area contributed by atoms with Gasteiger partial charge in [-0.1, -0.05) is 50.6 Å². The van der Waals surface area contributed by atoms with Crippen molar-refractivity contribution < 1.29 is 47.3 Å². The van der Waals surface area contributed by atoms with E-state index in [-0.39, 0.29) is 42.7 Å². The summed E-state index contributed by atoms with van der Waals surface area (Å²) in [5, 5.41) is 9.66. The number of fused-ring (bicyclic) bond motifs is 2. The summed E-state index contributed by atoms with van der Waals surface area (Å²) in [4.78, 5) is 66.8. The molecule has 3 N–H and O–H groups in total. The van der Waals surface area contributed by atoms with Crippen molar-refractivity contribution in [1.29, 1.82) is 0 Å². The lowest BCUT2D eigenvalue weighted by Crippen LogP contribution is -2.59. The first-order valence-electron chi connectivity index (χ1n) is 22.1. The third kappa shape index (κ3) is 9.68. The number of halogens is 1. The fraction of sp³-hybridized carbons (Fsp3) is 0.500. The van der Waals surface area contributed by atoms with Crippen LogP contribution in [0.1, 0.15) is 72.3 Å². The molecule has 3 saturated carbocycles. The van der Waals surface area contributed by atoms with Gasteiger partial charge in [0.1, 0.15) is 70.7 Å². The van der Waals surface area contributed by atoms with E-state index >= 15 is 0 Å². The maximum absolute atomic E-state index is 14.9. The molecule has 2 aromatic heterocycles. The molecule has 3 amide bonds. The number of ether oxygens (including phenoxy) is 5. The largest absolute Gasteiger partial charge is 0.497 e. The molecule has 0 radical (unpaired) electrons. The number of nitrogens with one attached hydrogen (secondary N) is 3. The van der Waals surface area contributed by atoms with Crippen LogP contribution in [0.25, 0.3) is 22.3 Å². The van der Waals surface area contributed by atoms with E-state index in [0.717, 1.165) is 24.2 Å². The minimum absolute atomic E-state index is 0.0299. The highest BCUT2D eigenvalue weighted by Gasteiger charge is 2.62. The van der Waals surface area contributed by atoms with Gasteiger partial charge >= 0.3 is 12.1 Å². The van der Waals surface area contributed by atoms with Gasteiger partial charge in [0.25, 0.3) is 6.01 Å². The highest BCUT2D eigenvalue weighted by Crippen LogP contribution is 2.52. The monoisotopic (exact) mass is 912 g/mol. The average Bonchev–Trinajstić information content (AvgIpc) is 3.94. The normalized spacial score (nSPS) is 24.7. The Bertz CT molecular complexity index is 2460. The lowest BCUT2D eigenvalue weighted by Gasteiger charge is -2.35. The zero-order chi connectivity index (χ0) is 46.4. The molecule has 8 rings (SSSR count). The van der Waals surface area contributed by atoms with Gasteiger partial charge in [0.2, 0.25) is 11.8 Å². The molecule has 3 heterocycles. The number of carbonyl (C=O) groups excluding carboxylic acids is 4. The summed E-state index contributed by atoms with van der Waals surface area (Å²) in [6.45, 7) is 13.4. The van der Waals surface area contributed by atoms with Crippen LogP contribution in [0, 0.1) is 23.2 Å². The summed E-state index contributed by atoms with van der Waals surface area (Å²) in [5.74, 6) is 0.576. The van der Waals surface area contributed by atoms with Gasteiger partial charge in [-0.15, -0.1) is 6.58 Å². The van der Waals surface area contributed by atoms with Crippen molar-refractivity contribution in [2.75, 3.05) is 26.1 Å². The molecule has 4 aliphatic rings. The second-order valence-corrected chi connectivity index (χ2v) is 19.3. The first kappa shape index (κ1) is 45.5. The van der Waals surface area contributed by atoms with Crippen molar-refractivity contribution >= 4 is 52.4 Å². The molecule has 4 aromatic rings. The smallest absolute Gasteiger partial charge is 0.408 e. The fourth-order valence-corrected chi connectivity index (χ4v) is 9.31. The fourth-order valence-electron chi connectivity index (χ4n) is 9.05. The number of amides is 3. The molecule has 65 heavy (non-hydrogen) atoms. The quantitative estimate of drug-likeness (QED) is 0.0741. The molecule has 0 bridgehead atoms. The Hall–Kier alpha value is -6.03. The van der Waals surface area contributed by atoms with Gasteiger partial charge in [0.15, 0.2) is 0 Å². The number of likely N-dealkylation sites (tertiary alicyclic amines) is 1. The van der Waals surface area contributed by atoms with E-state index in [0.29, 0.717) is 58.1 Å². The van der Waals surface area contributed by atoms with Crippen molar-refractivity contribution in [1.82, 2.24) is 25.5 Å². The Balaban J connectivity index is 1.11. The maximum Gasteiger partial charge on any atom is 0.408 e. The number of benzene rings is 2. The van der Waals surface area contributed by atoms with Crippen molar-refractivity contribution in [2.45, 2.75) is 109 Å². The number of hydrogen-bond acceptors (Lipinski definition) is 13. The van der Waals surface area contributed by atoms with E-state index in [1.54, 1.807) is 31.4 Å². The van der Waals surface area contributed by atoms with E-state index in [1.165, 1.54) is 24.7 Å². The van der Waals surface area contributed by atoms with Crippen LogP contribution in [-0.2, 0) is 30.5 Å². The summed E-state index contributed by atoms with van der Waals surface area (Å²) >= 11 is 7.10. The van der Waals surface area contributed by atoms with E-state index in [2.05, 4.69) is 27.5 Å². The predicted molar refractivity (Wildman–Crippen MR) is 242 cm³/mol. The second-order valence-electron chi connectivity index (χ2n) is 18.9. The van der Waals surface area contributed by atoms with Gasteiger partial charge in [0, 0.05) is 29.8 Å². The van der Waals surface area contributed by atoms with Gasteiger partial charge in [-0.25, -0.2) is 14.6 Å². The topological polar surface area (TPSA) is 193 Å². The van der Waals surface area contributed by atoms with E-state index < -0.39 is 53.0 Å². The molecule has 4 fully saturated rings. The van der Waals surface area contributed by atoms with E-state index in [4.69, 9.17) is 44.7 Å². The van der Waals surface area contributed by atoms with Gasteiger partial charge in [-0.2, -0.15) is 4.98 Å². The molecular weight excluding hydrogens is 856 g/mol. The van der Waals surface area contributed by atoms with Gasteiger partial charge in [-0.3, -0.25) is 9.59 Å². The van der Waals surface area contributed by atoms with Gasteiger partial charge in [0.05, 0.1) is 32.0 Å². The third-order valence-corrected chi connectivity index (χ3v) is 13.1. The van der Waals surface area contributed by atoms with Crippen LogP contribution in [0.3, 0.4) is 0 Å². The number of aromatic nitrogens is 2. The SMILES string of the molecule is C=C[C@@H]1C[C@]1(NC(=O)[C@@H]1C[C@@H](Oc2cc(-c3coc(NC(C)C)n3)nc3c(Cl)c(OCc4ccc(OC)cc4)ccc23)CN1C(=O)[C@@H](NC(=O)OC1C[C@@H]2C[C@@H]2C1)C(C)(C)C)C(=O)OC. The zero-order valence-electron chi connectivity index (χ0n) is 37.8. The van der Waals surface area contributed by atoms with Crippen LogP contribution in [0.5, 0.6) is 17.2 Å². The van der Waals surface area contributed by atoms with Crippen LogP contribution in [0.2, 0.25) is 5.02 Å². The number of oxazole rings is 1. The molecule has 16 nitrogen and oxygen atoms in total. The molecule has 346 valence electrons. The van der Waals surface area contributed by atoms with Crippen LogP contribution in [0.15, 0.2) is 65.8 Å². The molecule has 0 spiro atoms. The number of pyridine rings is 1. The number of carbonyl (C=O) groups is 4. The standard InChI is InChI=1S/C48H57ClN6O10/c1-9-29-21-48(29,44(58)61-8)54-42(56)36-19-32(22-55(36)43(57)41(47(4,5)6)53-46(59)65-31-17-27-16-28(27)18-31)64-38-20-34(35-24-63-45(52-35)50-25(2)3)51-40-33(38)14-15-37(39(40)49)62-23-26-10-12-30(60-7)13-11-26/h9-15,20,24-25,27-29,31-32,36,41H,1,16-19,21-23H2,2-8H3,(H,50,52)(H,53,59)(H,54,56)/t27-,28+,29-,31?,32-,36+,41-,48-/m1/s1. The summed E-state index contributed by atoms with van der Waals surface area (Å²) in [7, 11) is 2.86. The number of rotatable bonds is 16. The Labute approximate surface area is 383 Å². The average molecular weight is 913 g/mol. The Morgan fingerprint density at radius 3 is 2.37 bits per heavy atom. The van der Waals surface area contributed by atoms with Crippen molar-refractivity contribution in [3.63, 3.8) is 0 Å². The van der Waals surface area contributed by atoms with Crippen molar-refractivity contribution in [2.24, 2.45) is 23.2 Å². The molecule has 1 saturated heterocycles. The van der Waals surface area contributed by atoms with Gasteiger partial charge in [-0.05, 0) is 86.6 Å². The summed E-state index contributed by atoms with van der Waals surface area (Å²) < 4.78 is 34.9. The molecule has 17 heteroatoms. The number of anilines is 1. The minimum Gasteiger partial charge on any atom is -0.497 e. The number of alkyl carbamates (subject to hydrolysis) is 1. The second kappa shape index (κ2) is 18.1. The van der Waals surface area contributed by atoms with Crippen LogP contribution in [0.4, 0.5) is 10.8 Å². The van der Waals surface area contributed by atoms with Crippen LogP contribution < -0.4 is 30.2 Å². The minimum atomic E-state index is -1.32. The van der Waals surface area contributed by atoms with Crippen molar-refractivity contribution in [3.8, 4) is 28.6 Å². The molecule has 8 atom stereocenters. The lowest BCUT2D eigenvalue weighted by molar-refractivity contribution is -0.148. The Kier molecular flexibility index (Phi) is 12.7. The first-order chi connectivity index (χ1) is 31.0. The summed E-state index contributed by atoms with van der Waals surface area (Å²) in [5.41, 5.74) is -0.100. The van der Waals surface area contributed by atoms with Crippen LogP contribution >= 0.6 is 11.6 Å². The predicted octanol–water partition coefficient (Wildman–Crippen LogP) is 7.47. The molecule has 2 aromatic carbocycles. The first-order valence-corrected chi connectivity index (χ1v) is 22.5. The highest BCUT2D eigenvalue weighted by atomic mass is 35.5. The molecule has 1 unspecified atom stereocenters. The number of esters is 1. The van der Waals surface area contributed by atoms with E-state index in [9.17, 15) is 19.2 Å². The maximum atomic E-state index is 14.9. The van der Waals surface area contributed by atoms with Crippen LogP contribution in [-0.4, -0.2) is 95.4 Å².